The molecule has 0 radical (unpaired) electrons. The van der Waals surface area contributed by atoms with Crippen molar-refractivity contribution in [2.45, 2.75) is 32.8 Å². The molecule has 0 aliphatic heterocycles. The molecule has 1 aromatic carbocycles. The van der Waals surface area contributed by atoms with E-state index in [2.05, 4.69) is 6.58 Å². The van der Waals surface area contributed by atoms with E-state index in [1.807, 2.05) is 51.1 Å². The monoisotopic (exact) mass is 244 g/mol. The van der Waals surface area contributed by atoms with Gasteiger partial charge in [0, 0.05) is 6.08 Å². The third kappa shape index (κ3) is 5.00. The zero-order chi connectivity index (χ0) is 13.6. The molecule has 0 bridgehead atoms. The summed E-state index contributed by atoms with van der Waals surface area (Å²) in [6.07, 6.45) is 3.97. The fraction of sp³-hybridized carbons (Fsp3) is 0.312. The summed E-state index contributed by atoms with van der Waals surface area (Å²) in [4.78, 5) is 11.8. The molecule has 0 fully saturated rings. The third-order valence-electron chi connectivity index (χ3n) is 2.21. The average molecular weight is 244 g/mol. The van der Waals surface area contributed by atoms with Crippen molar-refractivity contribution in [3.05, 3.63) is 54.6 Å². The maximum absolute atomic E-state index is 11.8. The lowest BCUT2D eigenvalue weighted by molar-refractivity contribution is -0.148. The molecule has 0 heterocycles. The third-order valence-corrected chi connectivity index (χ3v) is 2.21. The first-order valence-electron chi connectivity index (χ1n) is 6.02. The van der Waals surface area contributed by atoms with Gasteiger partial charge in [-0.3, -0.25) is 0 Å². The summed E-state index contributed by atoms with van der Waals surface area (Å²) in [5.74, 6) is -0.316. The van der Waals surface area contributed by atoms with Crippen molar-refractivity contribution >= 4 is 11.5 Å². The number of carbonyl (C=O) groups excluding carboxylic acids is 1. The van der Waals surface area contributed by atoms with Crippen LogP contribution in [0.3, 0.4) is 0 Å². The molecule has 96 valence electrons. The van der Waals surface area contributed by atoms with Crippen LogP contribution in [0.25, 0.3) is 5.57 Å². The number of rotatable bonds is 4. The van der Waals surface area contributed by atoms with E-state index >= 15 is 0 Å². The van der Waals surface area contributed by atoms with Gasteiger partial charge in [-0.05, 0) is 38.3 Å². The van der Waals surface area contributed by atoms with E-state index < -0.39 is 5.60 Å². The van der Waals surface area contributed by atoms with E-state index in [1.54, 1.807) is 12.2 Å². The topological polar surface area (TPSA) is 26.3 Å². The molecule has 0 N–H and O–H groups in total. The molecule has 1 aromatic rings. The van der Waals surface area contributed by atoms with E-state index in [1.165, 1.54) is 0 Å². The Bertz CT molecular complexity index is 436. The largest absolute Gasteiger partial charge is 0.457 e. The number of benzene rings is 1. The molecule has 2 heteroatoms. The van der Waals surface area contributed by atoms with Gasteiger partial charge in [0.05, 0.1) is 0 Å². The summed E-state index contributed by atoms with van der Waals surface area (Å²) in [6.45, 7) is 9.28. The molecule has 0 aliphatic carbocycles. The van der Waals surface area contributed by atoms with Crippen molar-refractivity contribution < 1.29 is 9.53 Å². The summed E-state index contributed by atoms with van der Waals surface area (Å²) in [7, 11) is 0. The van der Waals surface area contributed by atoms with Gasteiger partial charge in [0.15, 0.2) is 0 Å². The zero-order valence-electron chi connectivity index (χ0n) is 11.3. The highest BCUT2D eigenvalue weighted by Crippen LogP contribution is 2.19. The van der Waals surface area contributed by atoms with Crippen molar-refractivity contribution in [3.63, 3.8) is 0 Å². The van der Waals surface area contributed by atoms with Crippen molar-refractivity contribution in [1.82, 2.24) is 0 Å². The highest BCUT2D eigenvalue weighted by atomic mass is 16.6. The van der Waals surface area contributed by atoms with E-state index in [0.29, 0.717) is 6.42 Å². The average Bonchev–Trinajstić information content (AvgIpc) is 2.27. The summed E-state index contributed by atoms with van der Waals surface area (Å²) in [5.41, 5.74) is 1.46. The molecule has 18 heavy (non-hydrogen) atoms. The van der Waals surface area contributed by atoms with E-state index in [4.69, 9.17) is 4.74 Å². The van der Waals surface area contributed by atoms with Gasteiger partial charge in [-0.1, -0.05) is 36.4 Å². The molecule has 0 atom stereocenters. The van der Waals surface area contributed by atoms with Gasteiger partial charge in [-0.2, -0.15) is 0 Å². The first-order chi connectivity index (χ1) is 8.42. The van der Waals surface area contributed by atoms with E-state index in [-0.39, 0.29) is 5.97 Å². The second kappa shape index (κ2) is 6.20. The molecule has 0 aromatic heterocycles. The van der Waals surface area contributed by atoms with E-state index in [0.717, 1.165) is 11.1 Å². The molecule has 0 aliphatic rings. The first kappa shape index (κ1) is 14.2. The fourth-order valence-electron chi connectivity index (χ4n) is 1.54. The maximum Gasteiger partial charge on any atom is 0.331 e. The molecule has 0 saturated heterocycles. The van der Waals surface area contributed by atoms with Crippen molar-refractivity contribution in [2.75, 3.05) is 0 Å². The molecular weight excluding hydrogens is 224 g/mol. The molecular formula is C16H20O2. The van der Waals surface area contributed by atoms with Crippen LogP contribution in [-0.4, -0.2) is 11.6 Å². The predicted octanol–water partition coefficient (Wildman–Crippen LogP) is 3.99. The van der Waals surface area contributed by atoms with Gasteiger partial charge in [0.1, 0.15) is 5.60 Å². The highest BCUT2D eigenvalue weighted by Gasteiger charge is 2.15. The quantitative estimate of drug-likeness (QED) is 0.455. The Kier molecular flexibility index (Phi) is 4.90. The van der Waals surface area contributed by atoms with Crippen LogP contribution in [0.4, 0.5) is 0 Å². The molecule has 0 unspecified atom stereocenters. The SMILES string of the molecule is C=CCC(=CC(=O)OC(C)(C)C)c1ccccc1. The Morgan fingerprint density at radius 1 is 1.28 bits per heavy atom. The van der Waals surface area contributed by atoms with Crippen molar-refractivity contribution in [1.29, 1.82) is 0 Å². The summed E-state index contributed by atoms with van der Waals surface area (Å²) >= 11 is 0. The number of allylic oxidation sites excluding steroid dienone is 2. The van der Waals surface area contributed by atoms with Crippen LogP contribution in [0.1, 0.15) is 32.8 Å². The van der Waals surface area contributed by atoms with Crippen LogP contribution >= 0.6 is 0 Å². The summed E-state index contributed by atoms with van der Waals surface area (Å²) in [6, 6.07) is 9.78. The smallest absolute Gasteiger partial charge is 0.331 e. The predicted molar refractivity (Wildman–Crippen MR) is 75.1 cm³/mol. The lowest BCUT2D eigenvalue weighted by atomic mass is 10.0. The molecule has 0 amide bonds. The number of esters is 1. The van der Waals surface area contributed by atoms with Gasteiger partial charge < -0.3 is 4.74 Å². The Morgan fingerprint density at radius 3 is 2.39 bits per heavy atom. The first-order valence-corrected chi connectivity index (χ1v) is 6.02. The number of hydrogen-bond acceptors (Lipinski definition) is 2. The van der Waals surface area contributed by atoms with Crippen LogP contribution in [0.15, 0.2) is 49.1 Å². The lowest BCUT2D eigenvalue weighted by Gasteiger charge is -2.18. The highest BCUT2D eigenvalue weighted by molar-refractivity contribution is 5.91. The molecule has 2 nitrogen and oxygen atoms in total. The van der Waals surface area contributed by atoms with Gasteiger partial charge in [0.2, 0.25) is 0 Å². The normalized spacial score (nSPS) is 12.1. The molecule has 1 rings (SSSR count). The van der Waals surface area contributed by atoms with Crippen molar-refractivity contribution in [3.8, 4) is 0 Å². The Morgan fingerprint density at radius 2 is 1.89 bits per heavy atom. The van der Waals surface area contributed by atoms with Gasteiger partial charge in [-0.25, -0.2) is 4.79 Å². The minimum Gasteiger partial charge on any atom is -0.457 e. The molecule has 0 spiro atoms. The standard InChI is InChI=1S/C16H20O2/c1-5-9-14(13-10-7-6-8-11-13)12-15(17)18-16(2,3)4/h5-8,10-12H,1,9H2,2-4H3. The lowest BCUT2D eigenvalue weighted by Crippen LogP contribution is -2.22. The zero-order valence-corrected chi connectivity index (χ0v) is 11.3. The van der Waals surface area contributed by atoms with Gasteiger partial charge in [-0.15, -0.1) is 6.58 Å². The number of ether oxygens (including phenoxy) is 1. The van der Waals surface area contributed by atoms with Crippen LogP contribution < -0.4 is 0 Å². The second-order valence-electron chi connectivity index (χ2n) is 5.06. The second-order valence-corrected chi connectivity index (χ2v) is 5.06. The molecule has 0 saturated carbocycles. The minimum absolute atomic E-state index is 0.316. The van der Waals surface area contributed by atoms with Crippen LogP contribution in [0, 0.1) is 0 Å². The maximum atomic E-state index is 11.8. The fourth-order valence-corrected chi connectivity index (χ4v) is 1.54. The summed E-state index contributed by atoms with van der Waals surface area (Å²) in [5, 5.41) is 0. The van der Waals surface area contributed by atoms with Crippen LogP contribution in [-0.2, 0) is 9.53 Å². The number of carbonyl (C=O) groups is 1. The van der Waals surface area contributed by atoms with Crippen molar-refractivity contribution in [2.24, 2.45) is 0 Å². The van der Waals surface area contributed by atoms with Gasteiger partial charge in [0.25, 0.3) is 0 Å². The van der Waals surface area contributed by atoms with E-state index in [9.17, 15) is 4.79 Å². The number of hydrogen-bond donors (Lipinski definition) is 0. The van der Waals surface area contributed by atoms with Gasteiger partial charge >= 0.3 is 5.97 Å². The minimum atomic E-state index is -0.469. The van der Waals surface area contributed by atoms with Crippen LogP contribution in [0.2, 0.25) is 0 Å². The van der Waals surface area contributed by atoms with Crippen LogP contribution in [0.5, 0.6) is 0 Å². The Balaban J connectivity index is 2.92. The summed E-state index contributed by atoms with van der Waals surface area (Å²) < 4.78 is 5.29. The Hall–Kier alpha value is -1.83. The Labute approximate surface area is 109 Å².